The maximum Gasteiger partial charge on any atom is 0.442 e. The number of nitrogens with zero attached hydrogens (tertiary/aromatic N) is 1. The third-order valence-electron chi connectivity index (χ3n) is 3.37. The molecule has 0 aliphatic carbocycles. The van der Waals surface area contributed by atoms with Crippen LogP contribution in [0.3, 0.4) is 0 Å². The standard InChI is InChI=1S/C16H10ClNO5/c17-11-4-5-12-13(8-11)23-16(18(21)22)15(12)10-3-1-2-9(6-10)7-14(19)20/h1-6,8H,7H2,(H,19,20). The minimum absolute atomic E-state index is 0.163. The Kier molecular flexibility index (Phi) is 3.75. The molecule has 0 aliphatic heterocycles. The average Bonchev–Trinajstić information content (AvgIpc) is 2.85. The third-order valence-corrected chi connectivity index (χ3v) is 3.61. The van der Waals surface area contributed by atoms with Gasteiger partial charge in [-0.05, 0) is 23.3 Å². The van der Waals surface area contributed by atoms with Gasteiger partial charge >= 0.3 is 11.9 Å². The van der Waals surface area contributed by atoms with E-state index in [2.05, 4.69) is 0 Å². The van der Waals surface area contributed by atoms with Crippen LogP contribution >= 0.6 is 11.6 Å². The number of carboxylic acids is 1. The Morgan fingerprint density at radius 3 is 2.74 bits per heavy atom. The fourth-order valence-electron chi connectivity index (χ4n) is 2.48. The first-order chi connectivity index (χ1) is 11.0. The molecule has 0 spiro atoms. The van der Waals surface area contributed by atoms with Crippen LogP contribution in [0.25, 0.3) is 22.1 Å². The molecule has 3 aromatic rings. The van der Waals surface area contributed by atoms with Gasteiger partial charge in [-0.25, -0.2) is 0 Å². The van der Waals surface area contributed by atoms with Gasteiger partial charge in [-0.1, -0.05) is 35.9 Å². The zero-order valence-electron chi connectivity index (χ0n) is 11.7. The molecule has 0 bridgehead atoms. The van der Waals surface area contributed by atoms with Crippen LogP contribution in [0.4, 0.5) is 5.88 Å². The third kappa shape index (κ3) is 2.89. The van der Waals surface area contributed by atoms with Gasteiger partial charge < -0.3 is 9.52 Å². The van der Waals surface area contributed by atoms with Gasteiger partial charge in [0.25, 0.3) is 0 Å². The lowest BCUT2D eigenvalue weighted by Crippen LogP contribution is -1.99. The number of hydrogen-bond donors (Lipinski definition) is 1. The number of nitro groups is 1. The molecule has 0 atom stereocenters. The zero-order valence-corrected chi connectivity index (χ0v) is 12.4. The predicted octanol–water partition coefficient (Wildman–Crippen LogP) is 4.29. The highest BCUT2D eigenvalue weighted by atomic mass is 35.5. The number of fused-ring (bicyclic) bond motifs is 1. The fraction of sp³-hybridized carbons (Fsp3) is 0.0625. The van der Waals surface area contributed by atoms with E-state index in [9.17, 15) is 14.9 Å². The number of benzene rings is 2. The van der Waals surface area contributed by atoms with Crippen molar-refractivity contribution in [1.82, 2.24) is 0 Å². The first-order valence-electron chi connectivity index (χ1n) is 6.63. The Morgan fingerprint density at radius 1 is 1.26 bits per heavy atom. The maximum atomic E-state index is 11.3. The highest BCUT2D eigenvalue weighted by Crippen LogP contribution is 2.40. The van der Waals surface area contributed by atoms with Crippen LogP contribution in [0.2, 0.25) is 5.02 Å². The highest BCUT2D eigenvalue weighted by molar-refractivity contribution is 6.31. The molecule has 1 heterocycles. The number of aliphatic carboxylic acids is 1. The van der Waals surface area contributed by atoms with E-state index in [1.807, 2.05) is 0 Å². The molecule has 0 amide bonds. The van der Waals surface area contributed by atoms with Gasteiger partial charge in [0.2, 0.25) is 0 Å². The Balaban J connectivity index is 2.24. The molecule has 116 valence electrons. The second-order valence-electron chi connectivity index (χ2n) is 4.95. The molecule has 2 aromatic carbocycles. The van der Waals surface area contributed by atoms with Crippen LogP contribution in [0, 0.1) is 10.1 Å². The predicted molar refractivity (Wildman–Crippen MR) is 84.7 cm³/mol. The summed E-state index contributed by atoms with van der Waals surface area (Å²) in [4.78, 5) is 21.5. The molecule has 3 rings (SSSR count). The lowest BCUT2D eigenvalue weighted by Gasteiger charge is -2.02. The Bertz CT molecular complexity index is 931. The van der Waals surface area contributed by atoms with Gasteiger partial charge in [0.15, 0.2) is 0 Å². The van der Waals surface area contributed by atoms with Crippen LogP contribution in [0.5, 0.6) is 0 Å². The fourth-order valence-corrected chi connectivity index (χ4v) is 2.64. The topological polar surface area (TPSA) is 93.6 Å². The van der Waals surface area contributed by atoms with E-state index < -0.39 is 16.8 Å². The number of rotatable bonds is 4. The Hall–Kier alpha value is -2.86. The number of carbonyl (C=O) groups is 1. The van der Waals surface area contributed by atoms with Gasteiger partial charge in [0, 0.05) is 16.5 Å². The molecule has 0 unspecified atom stereocenters. The summed E-state index contributed by atoms with van der Waals surface area (Å²) in [5, 5.41) is 21.1. The van der Waals surface area contributed by atoms with Crippen molar-refractivity contribution < 1.29 is 19.2 Å². The quantitative estimate of drug-likeness (QED) is 0.568. The van der Waals surface area contributed by atoms with Crippen molar-refractivity contribution >= 4 is 34.4 Å². The maximum absolute atomic E-state index is 11.3. The highest BCUT2D eigenvalue weighted by Gasteiger charge is 2.25. The monoisotopic (exact) mass is 331 g/mol. The minimum atomic E-state index is -0.972. The first kappa shape index (κ1) is 15.1. The Labute approximate surface area is 135 Å². The van der Waals surface area contributed by atoms with E-state index >= 15 is 0 Å². The molecular weight excluding hydrogens is 322 g/mol. The van der Waals surface area contributed by atoms with Crippen LogP contribution in [-0.4, -0.2) is 16.0 Å². The van der Waals surface area contributed by atoms with Crippen molar-refractivity contribution in [2.75, 3.05) is 0 Å². The van der Waals surface area contributed by atoms with Crippen LogP contribution in [0.15, 0.2) is 46.9 Å². The summed E-state index contributed by atoms with van der Waals surface area (Å²) in [6.45, 7) is 0. The van der Waals surface area contributed by atoms with Crippen molar-refractivity contribution in [3.63, 3.8) is 0 Å². The number of carboxylic acid groups (broad SMARTS) is 1. The van der Waals surface area contributed by atoms with Gasteiger partial charge in [0.05, 0.1) is 6.42 Å². The van der Waals surface area contributed by atoms with Gasteiger partial charge in [0.1, 0.15) is 16.1 Å². The van der Waals surface area contributed by atoms with Crippen molar-refractivity contribution in [2.45, 2.75) is 6.42 Å². The molecule has 0 fully saturated rings. The second kappa shape index (κ2) is 5.73. The van der Waals surface area contributed by atoms with E-state index in [4.69, 9.17) is 21.1 Å². The average molecular weight is 332 g/mol. The molecule has 0 aliphatic rings. The summed E-state index contributed by atoms with van der Waals surface area (Å²) in [5.74, 6) is -1.37. The molecule has 23 heavy (non-hydrogen) atoms. The summed E-state index contributed by atoms with van der Waals surface area (Å²) < 4.78 is 5.32. The van der Waals surface area contributed by atoms with E-state index in [1.54, 1.807) is 36.4 Å². The summed E-state index contributed by atoms with van der Waals surface area (Å²) in [6.07, 6.45) is -0.163. The van der Waals surface area contributed by atoms with Gasteiger partial charge in [-0.2, -0.15) is 0 Å². The first-order valence-corrected chi connectivity index (χ1v) is 7.01. The van der Waals surface area contributed by atoms with Crippen molar-refractivity contribution in [1.29, 1.82) is 0 Å². The SMILES string of the molecule is O=C(O)Cc1cccc(-c2c([N+](=O)[O-])oc3cc(Cl)ccc23)c1. The normalized spacial score (nSPS) is 10.8. The molecule has 0 radical (unpaired) electrons. The summed E-state index contributed by atoms with van der Waals surface area (Å²) in [7, 11) is 0. The van der Waals surface area contributed by atoms with Crippen LogP contribution in [0.1, 0.15) is 5.56 Å². The molecule has 0 saturated heterocycles. The number of furan rings is 1. The van der Waals surface area contributed by atoms with Gasteiger partial charge in [-0.3, -0.25) is 14.9 Å². The smallest absolute Gasteiger partial charge is 0.442 e. The minimum Gasteiger partial charge on any atom is -0.481 e. The zero-order chi connectivity index (χ0) is 16.6. The van der Waals surface area contributed by atoms with Crippen molar-refractivity contribution in [2.24, 2.45) is 0 Å². The van der Waals surface area contributed by atoms with Crippen molar-refractivity contribution in [3.8, 4) is 11.1 Å². The van der Waals surface area contributed by atoms with E-state index in [1.165, 1.54) is 6.07 Å². The molecule has 1 N–H and O–H groups in total. The number of hydrogen-bond acceptors (Lipinski definition) is 4. The summed E-state index contributed by atoms with van der Waals surface area (Å²) in [5.41, 5.74) is 1.70. The Morgan fingerprint density at radius 2 is 2.04 bits per heavy atom. The lowest BCUT2D eigenvalue weighted by atomic mass is 10.0. The largest absolute Gasteiger partial charge is 0.481 e. The van der Waals surface area contributed by atoms with Crippen molar-refractivity contribution in [3.05, 3.63) is 63.2 Å². The van der Waals surface area contributed by atoms with Crippen LogP contribution < -0.4 is 0 Å². The van der Waals surface area contributed by atoms with E-state index in [-0.39, 0.29) is 6.42 Å². The number of halogens is 1. The molecule has 1 aromatic heterocycles. The second-order valence-corrected chi connectivity index (χ2v) is 5.39. The lowest BCUT2D eigenvalue weighted by molar-refractivity contribution is -0.400. The molecule has 0 saturated carbocycles. The summed E-state index contributed by atoms with van der Waals surface area (Å²) >= 11 is 5.89. The van der Waals surface area contributed by atoms with E-state index in [0.29, 0.717) is 32.7 Å². The molecular formula is C16H10ClNO5. The summed E-state index contributed by atoms with van der Waals surface area (Å²) in [6, 6.07) is 11.4. The molecule has 7 heteroatoms. The van der Waals surface area contributed by atoms with E-state index in [0.717, 1.165) is 0 Å². The van der Waals surface area contributed by atoms with Gasteiger partial charge in [-0.15, -0.1) is 0 Å². The molecule has 6 nitrogen and oxygen atoms in total. The van der Waals surface area contributed by atoms with Crippen LogP contribution in [-0.2, 0) is 11.2 Å².